The molecule has 0 aromatic carbocycles. The van der Waals surface area contributed by atoms with Crippen LogP contribution in [-0.2, 0) is 14.3 Å². The van der Waals surface area contributed by atoms with Gasteiger partial charge in [-0.25, -0.2) is 0 Å². The highest BCUT2D eigenvalue weighted by Crippen LogP contribution is 2.31. The highest BCUT2D eigenvalue weighted by atomic mass is 16.5. The van der Waals surface area contributed by atoms with Crippen LogP contribution in [0.15, 0.2) is 4.52 Å². The molecule has 0 aliphatic carbocycles. The highest BCUT2D eigenvalue weighted by Gasteiger charge is 2.36. The number of amides is 1. The van der Waals surface area contributed by atoms with E-state index in [1.54, 1.807) is 0 Å². The van der Waals surface area contributed by atoms with E-state index in [0.29, 0.717) is 24.9 Å². The second kappa shape index (κ2) is 8.27. The number of ether oxygens (including phenoxy) is 2. The lowest BCUT2D eigenvalue weighted by molar-refractivity contribution is -0.133. The largest absolute Gasteiger partial charge is 0.381 e. The minimum absolute atomic E-state index is 0.0725. The summed E-state index contributed by atoms with van der Waals surface area (Å²) in [5, 5.41) is 7.19. The third-order valence-electron chi connectivity index (χ3n) is 5.13. The normalized spacial score (nSPS) is 26.1. The Hall–Kier alpha value is -1.47. The number of nitrogens with zero attached hydrogens (tertiary/aromatic N) is 2. The molecule has 0 spiro atoms. The van der Waals surface area contributed by atoms with E-state index in [1.165, 1.54) is 0 Å². The molecule has 2 aliphatic rings. The van der Waals surface area contributed by atoms with Crippen molar-refractivity contribution >= 4 is 5.91 Å². The highest BCUT2D eigenvalue weighted by molar-refractivity contribution is 5.81. The fourth-order valence-corrected chi connectivity index (χ4v) is 3.48. The maximum atomic E-state index is 12.7. The van der Waals surface area contributed by atoms with E-state index in [2.05, 4.69) is 22.4 Å². The van der Waals surface area contributed by atoms with E-state index in [9.17, 15) is 4.79 Å². The van der Waals surface area contributed by atoms with Crippen LogP contribution in [0.3, 0.4) is 0 Å². The quantitative estimate of drug-likeness (QED) is 0.848. The summed E-state index contributed by atoms with van der Waals surface area (Å²) < 4.78 is 16.8. The Labute approximate surface area is 148 Å². The van der Waals surface area contributed by atoms with Gasteiger partial charge in [-0.15, -0.1) is 0 Å². The molecule has 2 aliphatic heterocycles. The Kier molecular flexibility index (Phi) is 6.06. The maximum absolute atomic E-state index is 12.7. The molecule has 0 radical (unpaired) electrons. The SMILES string of the molecule is CCC1CCC(C(=O)NC(c2nc(C(C)C)no2)C2CCOCC2)O1. The van der Waals surface area contributed by atoms with Crippen LogP contribution < -0.4 is 5.32 Å². The van der Waals surface area contributed by atoms with E-state index in [0.717, 1.165) is 32.1 Å². The lowest BCUT2D eigenvalue weighted by Crippen LogP contribution is -2.41. The van der Waals surface area contributed by atoms with Gasteiger partial charge in [0.2, 0.25) is 11.8 Å². The van der Waals surface area contributed by atoms with Crippen LogP contribution in [0.2, 0.25) is 0 Å². The summed E-state index contributed by atoms with van der Waals surface area (Å²) in [4.78, 5) is 17.2. The number of carbonyl (C=O) groups is 1. The Morgan fingerprint density at radius 2 is 2.00 bits per heavy atom. The Morgan fingerprint density at radius 3 is 2.60 bits per heavy atom. The molecule has 2 saturated heterocycles. The summed E-state index contributed by atoms with van der Waals surface area (Å²) in [6.45, 7) is 7.52. The van der Waals surface area contributed by atoms with Gasteiger partial charge >= 0.3 is 0 Å². The average Bonchev–Trinajstić information content (AvgIpc) is 3.29. The summed E-state index contributed by atoms with van der Waals surface area (Å²) in [5.74, 6) is 1.52. The first kappa shape index (κ1) is 18.3. The van der Waals surface area contributed by atoms with E-state index in [-0.39, 0.29) is 36.0 Å². The van der Waals surface area contributed by atoms with Crippen molar-refractivity contribution in [2.24, 2.45) is 5.92 Å². The van der Waals surface area contributed by atoms with E-state index in [1.807, 2.05) is 13.8 Å². The molecular weight excluding hydrogens is 322 g/mol. The van der Waals surface area contributed by atoms with Gasteiger partial charge in [0, 0.05) is 19.1 Å². The Balaban J connectivity index is 1.72. The third kappa shape index (κ3) is 4.39. The number of rotatable bonds is 6. The van der Waals surface area contributed by atoms with Crippen molar-refractivity contribution in [2.75, 3.05) is 13.2 Å². The van der Waals surface area contributed by atoms with Crippen LogP contribution >= 0.6 is 0 Å². The van der Waals surface area contributed by atoms with E-state index >= 15 is 0 Å². The molecule has 0 bridgehead atoms. The van der Waals surface area contributed by atoms with E-state index < -0.39 is 0 Å². The van der Waals surface area contributed by atoms with Crippen molar-refractivity contribution in [1.82, 2.24) is 15.5 Å². The maximum Gasteiger partial charge on any atom is 0.249 e. The van der Waals surface area contributed by atoms with Crippen LogP contribution in [0.25, 0.3) is 0 Å². The number of hydrogen-bond donors (Lipinski definition) is 1. The first-order chi connectivity index (χ1) is 12.1. The lowest BCUT2D eigenvalue weighted by atomic mass is 9.91. The number of nitrogens with one attached hydrogen (secondary N) is 1. The molecule has 140 valence electrons. The molecule has 2 fully saturated rings. The van der Waals surface area contributed by atoms with Gasteiger partial charge in [-0.3, -0.25) is 4.79 Å². The molecule has 0 saturated carbocycles. The third-order valence-corrected chi connectivity index (χ3v) is 5.13. The summed E-state index contributed by atoms with van der Waals surface area (Å²) >= 11 is 0. The first-order valence-corrected chi connectivity index (χ1v) is 9.45. The van der Waals surface area contributed by atoms with Gasteiger partial charge in [0.1, 0.15) is 12.1 Å². The molecule has 1 aromatic rings. The number of aromatic nitrogens is 2. The molecule has 3 unspecified atom stereocenters. The van der Waals surface area contributed by atoms with Gasteiger partial charge in [-0.05, 0) is 38.0 Å². The molecule has 25 heavy (non-hydrogen) atoms. The second-order valence-electron chi connectivity index (χ2n) is 7.31. The topological polar surface area (TPSA) is 86.5 Å². The zero-order valence-corrected chi connectivity index (χ0v) is 15.4. The van der Waals surface area contributed by atoms with Crippen molar-refractivity contribution in [1.29, 1.82) is 0 Å². The van der Waals surface area contributed by atoms with Crippen LogP contribution in [0.4, 0.5) is 0 Å². The lowest BCUT2D eigenvalue weighted by Gasteiger charge is -2.29. The average molecular weight is 351 g/mol. The monoisotopic (exact) mass is 351 g/mol. The molecule has 7 nitrogen and oxygen atoms in total. The van der Waals surface area contributed by atoms with Gasteiger partial charge in [0.15, 0.2) is 5.82 Å². The number of carbonyl (C=O) groups excluding carboxylic acids is 1. The van der Waals surface area contributed by atoms with Crippen LogP contribution in [0.5, 0.6) is 0 Å². The zero-order chi connectivity index (χ0) is 17.8. The fraction of sp³-hybridized carbons (Fsp3) is 0.833. The number of hydrogen-bond acceptors (Lipinski definition) is 6. The minimum atomic E-state index is -0.375. The van der Waals surface area contributed by atoms with Crippen molar-refractivity contribution in [3.8, 4) is 0 Å². The van der Waals surface area contributed by atoms with Crippen LogP contribution in [0.1, 0.15) is 76.6 Å². The molecule has 3 heterocycles. The molecule has 1 amide bonds. The first-order valence-electron chi connectivity index (χ1n) is 9.45. The molecule has 1 aromatic heterocycles. The van der Waals surface area contributed by atoms with Gasteiger partial charge in [-0.2, -0.15) is 4.98 Å². The van der Waals surface area contributed by atoms with Crippen LogP contribution in [-0.4, -0.2) is 41.5 Å². The van der Waals surface area contributed by atoms with Gasteiger partial charge in [0.05, 0.1) is 6.10 Å². The fourth-order valence-electron chi connectivity index (χ4n) is 3.48. The molecule has 3 atom stereocenters. The van der Waals surface area contributed by atoms with Crippen molar-refractivity contribution < 1.29 is 18.8 Å². The predicted molar refractivity (Wildman–Crippen MR) is 91.0 cm³/mol. The molecule has 3 rings (SSSR count). The van der Waals surface area contributed by atoms with Crippen molar-refractivity contribution in [2.45, 2.75) is 77.0 Å². The van der Waals surface area contributed by atoms with Crippen LogP contribution in [0, 0.1) is 5.92 Å². The van der Waals surface area contributed by atoms with Crippen molar-refractivity contribution in [3.05, 3.63) is 11.7 Å². The summed E-state index contributed by atoms with van der Waals surface area (Å²) in [5.41, 5.74) is 0. The standard InChI is InChI=1S/C18H29N3O4/c1-4-13-5-6-14(24-13)17(22)19-15(12-7-9-23-10-8-12)18-20-16(11(2)3)21-25-18/h11-15H,4-10H2,1-3H3,(H,19,22). The Morgan fingerprint density at radius 1 is 1.24 bits per heavy atom. The van der Waals surface area contributed by atoms with Gasteiger partial charge in [0.25, 0.3) is 0 Å². The minimum Gasteiger partial charge on any atom is -0.381 e. The molecule has 1 N–H and O–H groups in total. The summed E-state index contributed by atoms with van der Waals surface area (Å²) in [7, 11) is 0. The summed E-state index contributed by atoms with van der Waals surface area (Å²) in [6.07, 6.45) is 4.20. The Bertz CT molecular complexity index is 568. The molecular formula is C18H29N3O4. The smallest absolute Gasteiger partial charge is 0.249 e. The zero-order valence-electron chi connectivity index (χ0n) is 15.4. The second-order valence-corrected chi connectivity index (χ2v) is 7.31. The van der Waals surface area contributed by atoms with Gasteiger partial charge in [-0.1, -0.05) is 25.9 Å². The van der Waals surface area contributed by atoms with Crippen molar-refractivity contribution in [3.63, 3.8) is 0 Å². The summed E-state index contributed by atoms with van der Waals surface area (Å²) in [6, 6.07) is -0.277. The van der Waals surface area contributed by atoms with E-state index in [4.69, 9.17) is 14.0 Å². The molecule has 7 heteroatoms. The predicted octanol–water partition coefficient (Wildman–Crippen LogP) is 2.73. The van der Waals surface area contributed by atoms with Gasteiger partial charge < -0.3 is 19.3 Å².